The fourth-order valence-corrected chi connectivity index (χ4v) is 4.58. The minimum atomic E-state index is -3.87. The van der Waals surface area contributed by atoms with Crippen molar-refractivity contribution in [3.8, 4) is 11.5 Å². The van der Waals surface area contributed by atoms with Gasteiger partial charge in [0.15, 0.2) is 0 Å². The quantitative estimate of drug-likeness (QED) is 0.358. The molecule has 0 atom stereocenters. The average Bonchev–Trinajstić information content (AvgIpc) is 2.82. The van der Waals surface area contributed by atoms with Crippen LogP contribution in [-0.4, -0.2) is 63.9 Å². The molecule has 1 aliphatic heterocycles. The van der Waals surface area contributed by atoms with Gasteiger partial charge in [-0.2, -0.15) is 9.41 Å². The summed E-state index contributed by atoms with van der Waals surface area (Å²) in [4.78, 5) is 10.8. The molecule has 0 amide bonds. The van der Waals surface area contributed by atoms with E-state index < -0.39 is 20.6 Å². The highest BCUT2D eigenvalue weighted by Crippen LogP contribution is 2.30. The fraction of sp³-hybridized carbons (Fsp3) is 0.350. The van der Waals surface area contributed by atoms with Gasteiger partial charge in [0.1, 0.15) is 17.2 Å². The molecule has 0 unspecified atom stereocenters. The lowest BCUT2D eigenvalue weighted by Gasteiger charge is -2.26. The average molecular weight is 465 g/mol. The number of benzene rings is 2. The van der Waals surface area contributed by atoms with Gasteiger partial charge in [-0.05, 0) is 37.3 Å². The molecule has 11 nitrogen and oxygen atoms in total. The van der Waals surface area contributed by atoms with Gasteiger partial charge in [-0.3, -0.25) is 15.5 Å². The second-order valence-electron chi connectivity index (χ2n) is 6.83. The lowest BCUT2D eigenvalue weighted by molar-refractivity contribution is -0.384. The first-order chi connectivity index (χ1) is 15.3. The summed E-state index contributed by atoms with van der Waals surface area (Å²) < 4.78 is 42.6. The van der Waals surface area contributed by atoms with E-state index in [1.165, 1.54) is 30.7 Å². The molecule has 0 radical (unpaired) electrons. The van der Waals surface area contributed by atoms with Crippen molar-refractivity contribution in [1.29, 1.82) is 0 Å². The molecule has 0 aliphatic carbocycles. The maximum Gasteiger partial charge on any atom is 0.295 e. The van der Waals surface area contributed by atoms with Crippen molar-refractivity contribution in [2.75, 3.05) is 45.9 Å². The topological polar surface area (TPSA) is 133 Å². The van der Waals surface area contributed by atoms with Crippen LogP contribution in [0.1, 0.15) is 12.5 Å². The Kier molecular flexibility index (Phi) is 7.28. The van der Waals surface area contributed by atoms with Crippen molar-refractivity contribution in [2.24, 2.45) is 5.10 Å². The highest BCUT2D eigenvalue weighted by molar-refractivity contribution is 7.89. The van der Waals surface area contributed by atoms with E-state index in [2.05, 4.69) is 10.5 Å². The van der Waals surface area contributed by atoms with E-state index in [1.807, 2.05) is 0 Å². The minimum Gasteiger partial charge on any atom is -0.497 e. The summed E-state index contributed by atoms with van der Waals surface area (Å²) in [6.07, 6.45) is 0. The Morgan fingerprint density at radius 3 is 2.50 bits per heavy atom. The number of nitro groups is 1. The minimum absolute atomic E-state index is 0.0529. The Balaban J connectivity index is 1.91. The second-order valence-corrected chi connectivity index (χ2v) is 8.77. The molecule has 0 bridgehead atoms. The number of sulfonamides is 1. The molecule has 0 aromatic heterocycles. The van der Waals surface area contributed by atoms with Gasteiger partial charge in [-0.15, -0.1) is 0 Å². The predicted molar refractivity (Wildman–Crippen MR) is 118 cm³/mol. The summed E-state index contributed by atoms with van der Waals surface area (Å²) in [7, 11) is -0.819. The summed E-state index contributed by atoms with van der Waals surface area (Å²) in [6.45, 7) is 2.66. The summed E-state index contributed by atoms with van der Waals surface area (Å²) >= 11 is 0. The van der Waals surface area contributed by atoms with Gasteiger partial charge in [0, 0.05) is 24.7 Å². The number of methoxy groups -OCH3 is 2. The largest absolute Gasteiger partial charge is 0.497 e. The Bertz CT molecular complexity index is 1130. The van der Waals surface area contributed by atoms with Gasteiger partial charge in [0.25, 0.3) is 5.69 Å². The first-order valence-electron chi connectivity index (χ1n) is 9.67. The van der Waals surface area contributed by atoms with Crippen molar-refractivity contribution >= 4 is 27.1 Å². The third kappa shape index (κ3) is 4.98. The second kappa shape index (κ2) is 9.94. The number of hydrazone groups is 1. The number of ether oxygens (including phenoxy) is 3. The van der Waals surface area contributed by atoms with E-state index in [9.17, 15) is 18.5 Å². The maximum absolute atomic E-state index is 12.8. The molecule has 1 aliphatic rings. The number of morpholine rings is 1. The number of anilines is 1. The normalized spacial score (nSPS) is 15.3. The highest BCUT2D eigenvalue weighted by Gasteiger charge is 2.29. The lowest BCUT2D eigenvalue weighted by atomic mass is 10.1. The van der Waals surface area contributed by atoms with Crippen molar-refractivity contribution in [2.45, 2.75) is 11.8 Å². The fourth-order valence-electron chi connectivity index (χ4n) is 3.15. The van der Waals surface area contributed by atoms with Crippen LogP contribution < -0.4 is 14.9 Å². The number of nitrogens with zero attached hydrogens (tertiary/aromatic N) is 3. The van der Waals surface area contributed by atoms with E-state index in [4.69, 9.17) is 14.2 Å². The molecule has 172 valence electrons. The van der Waals surface area contributed by atoms with Crippen molar-refractivity contribution < 1.29 is 27.6 Å². The van der Waals surface area contributed by atoms with Gasteiger partial charge in [-0.25, -0.2) is 8.42 Å². The summed E-state index contributed by atoms with van der Waals surface area (Å²) in [5.41, 5.74) is 3.42. The molecular weight excluding hydrogens is 440 g/mol. The standard InChI is InChI=1S/C20H24N4O7S/c1-14(17-12-15(29-2)4-7-20(17)30-3)21-22-18-6-5-16(13-19(18)24(25)26)32(27,28)23-8-10-31-11-9-23/h4-7,12-13,22H,8-11H2,1-3H3/b21-14+. The van der Waals surface area contributed by atoms with Crippen LogP contribution in [0.15, 0.2) is 46.4 Å². The number of rotatable bonds is 8. The van der Waals surface area contributed by atoms with E-state index >= 15 is 0 Å². The monoisotopic (exact) mass is 464 g/mol. The number of nitro benzene ring substituents is 1. The molecule has 1 heterocycles. The van der Waals surface area contributed by atoms with E-state index in [0.29, 0.717) is 22.8 Å². The molecule has 32 heavy (non-hydrogen) atoms. The number of nitrogens with one attached hydrogen (secondary N) is 1. The SMILES string of the molecule is COc1ccc(OC)c(/C(C)=N/Nc2ccc(S(=O)(=O)N3CCOCC3)cc2[N+](=O)[O-])c1. The maximum atomic E-state index is 12.8. The van der Waals surface area contributed by atoms with E-state index in [-0.39, 0.29) is 36.9 Å². The summed E-state index contributed by atoms with van der Waals surface area (Å²) in [5, 5.41) is 15.9. The van der Waals surface area contributed by atoms with Gasteiger partial charge in [0.05, 0.1) is 43.0 Å². The third-order valence-electron chi connectivity index (χ3n) is 4.91. The molecule has 1 fully saturated rings. The molecule has 1 N–H and O–H groups in total. The zero-order valence-corrected chi connectivity index (χ0v) is 18.7. The Morgan fingerprint density at radius 2 is 1.88 bits per heavy atom. The van der Waals surface area contributed by atoms with Crippen LogP contribution in [0.4, 0.5) is 11.4 Å². The van der Waals surface area contributed by atoms with Crippen LogP contribution in [0.25, 0.3) is 0 Å². The first kappa shape index (κ1) is 23.4. The Morgan fingerprint density at radius 1 is 1.16 bits per heavy atom. The molecule has 2 aromatic rings. The van der Waals surface area contributed by atoms with Crippen LogP contribution in [0, 0.1) is 10.1 Å². The van der Waals surface area contributed by atoms with Crippen molar-refractivity contribution in [1.82, 2.24) is 4.31 Å². The van der Waals surface area contributed by atoms with Crippen LogP contribution >= 0.6 is 0 Å². The van der Waals surface area contributed by atoms with E-state index in [0.717, 1.165) is 6.07 Å². The first-order valence-corrected chi connectivity index (χ1v) is 11.1. The van der Waals surface area contributed by atoms with Gasteiger partial charge < -0.3 is 14.2 Å². The van der Waals surface area contributed by atoms with Gasteiger partial charge in [0.2, 0.25) is 10.0 Å². The predicted octanol–water partition coefficient (Wildman–Crippen LogP) is 2.47. The Hall–Kier alpha value is -3.22. The smallest absolute Gasteiger partial charge is 0.295 e. The van der Waals surface area contributed by atoms with E-state index in [1.54, 1.807) is 25.1 Å². The molecule has 3 rings (SSSR count). The summed E-state index contributed by atoms with van der Waals surface area (Å²) in [5.74, 6) is 1.15. The van der Waals surface area contributed by atoms with Crippen LogP contribution in [0.2, 0.25) is 0 Å². The van der Waals surface area contributed by atoms with Crippen LogP contribution in [0.3, 0.4) is 0 Å². The van der Waals surface area contributed by atoms with Crippen LogP contribution in [-0.2, 0) is 14.8 Å². The number of hydrogen-bond donors (Lipinski definition) is 1. The zero-order valence-electron chi connectivity index (χ0n) is 17.9. The van der Waals surface area contributed by atoms with Crippen molar-refractivity contribution in [3.05, 3.63) is 52.1 Å². The molecule has 12 heteroatoms. The molecule has 2 aromatic carbocycles. The molecule has 0 spiro atoms. The van der Waals surface area contributed by atoms with Gasteiger partial charge in [-0.1, -0.05) is 0 Å². The third-order valence-corrected chi connectivity index (χ3v) is 6.81. The van der Waals surface area contributed by atoms with Gasteiger partial charge >= 0.3 is 0 Å². The van der Waals surface area contributed by atoms with Crippen LogP contribution in [0.5, 0.6) is 11.5 Å². The highest BCUT2D eigenvalue weighted by atomic mass is 32.2. The number of hydrogen-bond acceptors (Lipinski definition) is 9. The van der Waals surface area contributed by atoms with Crippen molar-refractivity contribution in [3.63, 3.8) is 0 Å². The molecule has 1 saturated heterocycles. The zero-order chi connectivity index (χ0) is 23.3. The lowest BCUT2D eigenvalue weighted by Crippen LogP contribution is -2.40. The molecular formula is C20H24N4O7S. The molecule has 0 saturated carbocycles. The Labute approximate surface area is 185 Å². The summed E-state index contributed by atoms with van der Waals surface area (Å²) in [6, 6.07) is 8.86.